The van der Waals surface area contributed by atoms with Crippen molar-refractivity contribution in [3.05, 3.63) is 60.2 Å². The van der Waals surface area contributed by atoms with Crippen LogP contribution in [0.4, 0.5) is 18.9 Å². The summed E-state index contributed by atoms with van der Waals surface area (Å²) in [6.45, 7) is -0.389. The Kier molecular flexibility index (Phi) is 7.18. The smallest absolute Gasteiger partial charge is 0.336 e. The highest BCUT2D eigenvalue weighted by atomic mass is 32.2. The van der Waals surface area contributed by atoms with Crippen molar-refractivity contribution in [2.75, 3.05) is 24.7 Å². The number of carbonyl (C=O) groups excluding carboxylic acids is 2. The Balaban J connectivity index is 1.56. The first-order valence-corrected chi connectivity index (χ1v) is 10.4. The molecule has 0 aliphatic rings. The van der Waals surface area contributed by atoms with Crippen LogP contribution in [0, 0.1) is 0 Å². The Hall–Kier alpha value is -3.34. The van der Waals surface area contributed by atoms with Crippen LogP contribution in [0.15, 0.2) is 59.8 Å². The predicted octanol–water partition coefficient (Wildman–Crippen LogP) is 3.69. The second kappa shape index (κ2) is 9.86. The quantitative estimate of drug-likeness (QED) is 0.541. The lowest BCUT2D eigenvalue weighted by molar-refractivity contribution is -0.137. The molecule has 1 heterocycles. The van der Waals surface area contributed by atoms with E-state index in [0.29, 0.717) is 11.0 Å². The number of aromatic nitrogens is 3. The zero-order chi connectivity index (χ0) is 23.3. The molecule has 0 radical (unpaired) electrons. The maximum absolute atomic E-state index is 13.1. The summed E-state index contributed by atoms with van der Waals surface area (Å²) in [6.07, 6.45) is -4.60. The van der Waals surface area contributed by atoms with Crippen LogP contribution in [-0.4, -0.2) is 50.8 Å². The van der Waals surface area contributed by atoms with Crippen molar-refractivity contribution >= 4 is 29.3 Å². The van der Waals surface area contributed by atoms with Crippen molar-refractivity contribution in [1.82, 2.24) is 19.7 Å². The number of hydrogen-bond donors (Lipinski definition) is 1. The Morgan fingerprint density at radius 1 is 1.06 bits per heavy atom. The third-order valence-electron chi connectivity index (χ3n) is 4.50. The average Bonchev–Trinajstić information content (AvgIpc) is 3.12. The van der Waals surface area contributed by atoms with Gasteiger partial charge in [-0.1, -0.05) is 54.2 Å². The van der Waals surface area contributed by atoms with Crippen LogP contribution in [0.2, 0.25) is 0 Å². The zero-order valence-corrected chi connectivity index (χ0v) is 18.1. The molecule has 0 atom stereocenters. The molecule has 1 N–H and O–H groups in total. The summed E-state index contributed by atoms with van der Waals surface area (Å²) in [4.78, 5) is 25.7. The fourth-order valence-corrected chi connectivity index (χ4v) is 3.70. The van der Waals surface area contributed by atoms with Gasteiger partial charge in [0.05, 0.1) is 23.5 Å². The number of para-hydroxylation sites is 1. The van der Waals surface area contributed by atoms with Gasteiger partial charge in [0.1, 0.15) is 0 Å². The van der Waals surface area contributed by atoms with E-state index in [1.54, 1.807) is 11.6 Å². The monoisotopic (exact) mass is 463 g/mol. The number of halogens is 3. The van der Waals surface area contributed by atoms with Gasteiger partial charge in [0.15, 0.2) is 11.0 Å². The van der Waals surface area contributed by atoms with Crippen molar-refractivity contribution in [3.8, 4) is 11.4 Å². The topological polar surface area (TPSA) is 80.1 Å². The predicted molar refractivity (Wildman–Crippen MR) is 115 cm³/mol. The van der Waals surface area contributed by atoms with Gasteiger partial charge in [-0.2, -0.15) is 13.2 Å². The third kappa shape index (κ3) is 5.67. The first-order valence-electron chi connectivity index (χ1n) is 9.44. The van der Waals surface area contributed by atoms with Crippen molar-refractivity contribution < 1.29 is 22.8 Å². The second-order valence-electron chi connectivity index (χ2n) is 6.86. The lowest BCUT2D eigenvalue weighted by atomic mass is 10.1. The molecule has 0 saturated carbocycles. The molecule has 0 spiro atoms. The van der Waals surface area contributed by atoms with Crippen molar-refractivity contribution in [3.63, 3.8) is 0 Å². The molecule has 168 valence electrons. The Morgan fingerprint density at radius 2 is 1.72 bits per heavy atom. The van der Waals surface area contributed by atoms with Crippen LogP contribution < -0.4 is 5.32 Å². The molecule has 3 aromatic rings. The molecule has 0 saturated heterocycles. The van der Waals surface area contributed by atoms with Crippen LogP contribution in [-0.2, 0) is 22.8 Å². The van der Waals surface area contributed by atoms with Gasteiger partial charge in [-0.05, 0) is 12.1 Å². The van der Waals surface area contributed by atoms with Crippen LogP contribution >= 0.6 is 11.8 Å². The number of anilines is 1. The van der Waals surface area contributed by atoms with E-state index >= 15 is 0 Å². The van der Waals surface area contributed by atoms with Gasteiger partial charge in [-0.3, -0.25) is 9.59 Å². The minimum Gasteiger partial charge on any atom is -0.336 e. The molecular formula is C21H20F3N5O2S. The number of benzene rings is 2. The molecule has 0 bridgehead atoms. The lowest BCUT2D eigenvalue weighted by Crippen LogP contribution is -2.36. The first kappa shape index (κ1) is 23.3. The van der Waals surface area contributed by atoms with Gasteiger partial charge >= 0.3 is 6.18 Å². The van der Waals surface area contributed by atoms with E-state index in [1.165, 1.54) is 19.2 Å². The van der Waals surface area contributed by atoms with E-state index in [0.717, 1.165) is 34.4 Å². The summed E-state index contributed by atoms with van der Waals surface area (Å²) in [5.41, 5.74) is -0.421. The standard InChI is InChI=1S/C21H20F3N5O2S/c1-28(12-17(30)25-16-11-7-6-10-15(16)21(22,23)24)18(31)13-32-20-27-26-19(29(20)2)14-8-4-3-5-9-14/h3-11H,12-13H2,1-2H3,(H,25,30). The molecule has 2 amide bonds. The van der Waals surface area contributed by atoms with Crippen molar-refractivity contribution in [1.29, 1.82) is 0 Å². The van der Waals surface area contributed by atoms with Gasteiger partial charge in [-0.15, -0.1) is 10.2 Å². The van der Waals surface area contributed by atoms with E-state index in [9.17, 15) is 22.8 Å². The Morgan fingerprint density at radius 3 is 2.41 bits per heavy atom. The average molecular weight is 463 g/mol. The molecule has 32 heavy (non-hydrogen) atoms. The summed E-state index contributed by atoms with van der Waals surface area (Å²) in [5, 5.41) is 11.0. The molecule has 0 aliphatic heterocycles. The molecular weight excluding hydrogens is 443 g/mol. The molecule has 11 heteroatoms. The fourth-order valence-electron chi connectivity index (χ4n) is 2.85. The van der Waals surface area contributed by atoms with Crippen LogP contribution in [0.1, 0.15) is 5.56 Å². The third-order valence-corrected chi connectivity index (χ3v) is 5.51. The van der Waals surface area contributed by atoms with E-state index in [4.69, 9.17) is 0 Å². The SMILES string of the molecule is CN(CC(=O)Nc1ccccc1C(F)(F)F)C(=O)CSc1nnc(-c2ccccc2)n1C. The molecule has 3 rings (SSSR count). The Bertz CT molecular complexity index is 1100. The maximum Gasteiger partial charge on any atom is 0.418 e. The van der Waals surface area contributed by atoms with Gasteiger partial charge < -0.3 is 14.8 Å². The molecule has 2 aromatic carbocycles. The summed E-state index contributed by atoms with van der Waals surface area (Å²) in [5.74, 6) is -0.466. The Labute approximate surface area is 186 Å². The number of thioether (sulfide) groups is 1. The number of rotatable bonds is 7. The second-order valence-corrected chi connectivity index (χ2v) is 7.80. The number of nitrogens with zero attached hydrogens (tertiary/aromatic N) is 4. The van der Waals surface area contributed by atoms with Crippen LogP contribution in [0.3, 0.4) is 0 Å². The molecule has 0 unspecified atom stereocenters. The van der Waals surface area contributed by atoms with Crippen molar-refractivity contribution in [2.45, 2.75) is 11.3 Å². The first-order chi connectivity index (χ1) is 15.2. The molecule has 1 aromatic heterocycles. The zero-order valence-electron chi connectivity index (χ0n) is 17.3. The van der Waals surface area contributed by atoms with Crippen LogP contribution in [0.5, 0.6) is 0 Å². The highest BCUT2D eigenvalue weighted by Gasteiger charge is 2.33. The summed E-state index contributed by atoms with van der Waals surface area (Å²) >= 11 is 1.15. The molecule has 7 nitrogen and oxygen atoms in total. The minimum atomic E-state index is -4.60. The summed E-state index contributed by atoms with van der Waals surface area (Å²) in [7, 11) is 3.19. The van der Waals surface area contributed by atoms with Crippen LogP contribution in [0.25, 0.3) is 11.4 Å². The maximum atomic E-state index is 13.1. The molecule has 0 aliphatic carbocycles. The summed E-state index contributed by atoms with van der Waals surface area (Å²) < 4.78 is 40.9. The normalized spacial score (nSPS) is 11.3. The highest BCUT2D eigenvalue weighted by molar-refractivity contribution is 7.99. The molecule has 0 fully saturated rings. The fraction of sp³-hybridized carbons (Fsp3) is 0.238. The van der Waals surface area contributed by atoms with Gasteiger partial charge in [0.2, 0.25) is 11.8 Å². The van der Waals surface area contributed by atoms with E-state index < -0.39 is 17.6 Å². The minimum absolute atomic E-state index is 0.0102. The number of nitrogens with one attached hydrogen (secondary N) is 1. The van der Waals surface area contributed by atoms with E-state index in [-0.39, 0.29) is 23.9 Å². The van der Waals surface area contributed by atoms with Gasteiger partial charge in [-0.25, -0.2) is 0 Å². The number of hydrogen-bond acceptors (Lipinski definition) is 5. The van der Waals surface area contributed by atoms with E-state index in [1.807, 2.05) is 30.3 Å². The van der Waals surface area contributed by atoms with Gasteiger partial charge in [0.25, 0.3) is 0 Å². The number of alkyl halides is 3. The largest absolute Gasteiger partial charge is 0.418 e. The number of carbonyl (C=O) groups is 2. The highest BCUT2D eigenvalue weighted by Crippen LogP contribution is 2.34. The number of amides is 2. The number of likely N-dealkylation sites (N-methyl/N-ethyl adjacent to an activating group) is 1. The van der Waals surface area contributed by atoms with E-state index in [2.05, 4.69) is 15.5 Å². The summed E-state index contributed by atoms with van der Waals surface area (Å²) in [6, 6.07) is 14.1. The lowest BCUT2D eigenvalue weighted by Gasteiger charge is -2.18. The van der Waals surface area contributed by atoms with Gasteiger partial charge in [0, 0.05) is 19.7 Å². The van der Waals surface area contributed by atoms with Crippen molar-refractivity contribution in [2.24, 2.45) is 7.05 Å².